The fourth-order valence-electron chi connectivity index (χ4n) is 4.18. The molecule has 0 aliphatic heterocycles. The maximum absolute atomic E-state index is 11.9. The molecule has 0 saturated heterocycles. The second-order valence-electron chi connectivity index (χ2n) is 8.17. The van der Waals surface area contributed by atoms with E-state index in [2.05, 4.69) is 34.3 Å². The number of hydrogen-bond donors (Lipinski definition) is 2. The van der Waals surface area contributed by atoms with E-state index in [0.717, 1.165) is 39.8 Å². The third-order valence-corrected chi connectivity index (χ3v) is 6.57. The summed E-state index contributed by atoms with van der Waals surface area (Å²) in [5.74, 6) is 0.384. The molecule has 0 bridgehead atoms. The lowest BCUT2D eigenvalue weighted by molar-refractivity contribution is -0.116. The maximum Gasteiger partial charge on any atom is 0.245 e. The van der Waals surface area contributed by atoms with Crippen LogP contribution in [0.2, 0.25) is 0 Å². The number of benzene rings is 2. The Morgan fingerprint density at radius 1 is 1.17 bits per heavy atom. The minimum Gasteiger partial charge on any atom is -0.464 e. The van der Waals surface area contributed by atoms with Crippen molar-refractivity contribution >= 4 is 34.6 Å². The number of nitrogens with one attached hydrogen (secondary N) is 2. The first-order valence-corrected chi connectivity index (χ1v) is 12.7. The molecule has 8 heteroatoms. The Balaban J connectivity index is 1.78. The molecule has 180 valence electrons. The van der Waals surface area contributed by atoms with Gasteiger partial charge in [0, 0.05) is 43.4 Å². The lowest BCUT2D eigenvalue weighted by Crippen LogP contribution is -2.18. The Morgan fingerprint density at radius 2 is 1.97 bits per heavy atom. The summed E-state index contributed by atoms with van der Waals surface area (Å²) in [4.78, 5) is 25.0. The summed E-state index contributed by atoms with van der Waals surface area (Å²) in [6.45, 7) is 2.58. The van der Waals surface area contributed by atoms with Crippen LogP contribution in [0, 0.1) is 6.92 Å². The number of likely N-dealkylation sites (N-methyl/N-ethyl adjacent to an activating group) is 1. The smallest absolute Gasteiger partial charge is 0.245 e. The van der Waals surface area contributed by atoms with Crippen LogP contribution < -0.4 is 14.9 Å². The first-order valence-electron chi connectivity index (χ1n) is 11.1. The molecule has 35 heavy (non-hydrogen) atoms. The van der Waals surface area contributed by atoms with Gasteiger partial charge in [0.2, 0.25) is 12.3 Å². The summed E-state index contributed by atoms with van der Waals surface area (Å²) < 4.78 is 20.1. The van der Waals surface area contributed by atoms with Gasteiger partial charge in [-0.25, -0.2) is 8.93 Å². The van der Waals surface area contributed by atoms with Gasteiger partial charge in [0.15, 0.2) is 0 Å². The van der Waals surface area contributed by atoms with E-state index in [1.54, 1.807) is 12.5 Å². The van der Waals surface area contributed by atoms with Crippen molar-refractivity contribution in [2.45, 2.75) is 13.3 Å². The van der Waals surface area contributed by atoms with E-state index in [9.17, 15) is 13.8 Å². The average Bonchev–Trinajstić information content (AvgIpc) is 3.53. The maximum atomic E-state index is 11.9. The van der Waals surface area contributed by atoms with Crippen LogP contribution in [-0.4, -0.2) is 36.4 Å². The van der Waals surface area contributed by atoms with Crippen LogP contribution in [0.3, 0.4) is 0 Å². The predicted molar refractivity (Wildman–Crippen MR) is 140 cm³/mol. The number of fused-ring (bicyclic) bond motifs is 1. The molecule has 1 heterocycles. The van der Waals surface area contributed by atoms with Gasteiger partial charge in [-0.2, -0.15) is 0 Å². The molecule has 0 saturated carbocycles. The lowest BCUT2D eigenvalue weighted by atomic mass is 9.92. The molecular formula is C27H27N3O4S. The van der Waals surface area contributed by atoms with Crippen LogP contribution in [0.1, 0.15) is 16.7 Å². The second kappa shape index (κ2) is 10.7. The van der Waals surface area contributed by atoms with Crippen molar-refractivity contribution in [1.29, 1.82) is 0 Å². The summed E-state index contributed by atoms with van der Waals surface area (Å²) in [5.41, 5.74) is 7.93. The third kappa shape index (κ3) is 5.34. The van der Waals surface area contributed by atoms with Crippen molar-refractivity contribution in [3.05, 3.63) is 83.8 Å². The number of carbonyl (C=O) groups excluding carboxylic acids is 2. The molecule has 4 rings (SSSR count). The Morgan fingerprint density at radius 3 is 2.66 bits per heavy atom. The quantitative estimate of drug-likeness (QED) is 0.352. The van der Waals surface area contributed by atoms with Gasteiger partial charge in [-0.3, -0.25) is 14.5 Å². The predicted octanol–water partition coefficient (Wildman–Crippen LogP) is 3.97. The fourth-order valence-corrected chi connectivity index (χ4v) is 4.54. The average molecular weight is 490 g/mol. The Bertz CT molecular complexity index is 1340. The van der Waals surface area contributed by atoms with E-state index >= 15 is 0 Å². The summed E-state index contributed by atoms with van der Waals surface area (Å²) in [5, 5.41) is 2.51. The number of hydrogen-bond acceptors (Lipinski definition) is 4. The molecule has 2 amide bonds. The topological polar surface area (TPSA) is 91.7 Å². The third-order valence-electron chi connectivity index (χ3n) is 6.02. The van der Waals surface area contributed by atoms with Gasteiger partial charge in [-0.05, 0) is 71.0 Å². The van der Waals surface area contributed by atoms with Crippen LogP contribution in [-0.2, 0) is 27.0 Å². The molecule has 1 atom stereocenters. The Labute approximate surface area is 207 Å². The molecule has 1 aromatic heterocycles. The number of furan rings is 1. The normalized spacial score (nSPS) is 13.4. The molecule has 1 aliphatic rings. The van der Waals surface area contributed by atoms with Crippen LogP contribution in [0.5, 0.6) is 0 Å². The zero-order chi connectivity index (χ0) is 24.9. The molecule has 1 unspecified atom stereocenters. The number of anilines is 1. The number of carbonyl (C=O) groups is 2. The van der Waals surface area contributed by atoms with Crippen LogP contribution >= 0.6 is 0 Å². The largest absolute Gasteiger partial charge is 0.464 e. The summed E-state index contributed by atoms with van der Waals surface area (Å²) in [6, 6.07) is 13.8. The van der Waals surface area contributed by atoms with Gasteiger partial charge in [-0.1, -0.05) is 24.3 Å². The molecule has 0 fully saturated rings. The van der Waals surface area contributed by atoms with Gasteiger partial charge in [0.05, 0.1) is 17.2 Å². The van der Waals surface area contributed by atoms with Crippen LogP contribution in [0.15, 0.2) is 71.5 Å². The molecule has 0 radical (unpaired) electrons. The van der Waals surface area contributed by atoms with Gasteiger partial charge in [0.25, 0.3) is 0 Å². The van der Waals surface area contributed by atoms with Crippen molar-refractivity contribution in [1.82, 2.24) is 10.0 Å². The molecule has 0 spiro atoms. The van der Waals surface area contributed by atoms with E-state index in [-0.39, 0.29) is 5.91 Å². The van der Waals surface area contributed by atoms with Gasteiger partial charge >= 0.3 is 0 Å². The highest BCUT2D eigenvalue weighted by Gasteiger charge is 2.19. The molecule has 1 aliphatic carbocycles. The minimum atomic E-state index is -1.07. The standard InChI is InChI=1S/C27H27N3O4S/c1-18-24(20-8-9-23-19(13-20)6-7-21(23)16-29-35(3)33)14-22(15-25(18)26-5-4-12-34-26)30(17-31)11-10-27(32)28-2/h4-5,7-15,17,29H,6,16H2,1-3H3,(H,28,32)/b11-10-. The van der Waals surface area contributed by atoms with E-state index < -0.39 is 11.0 Å². The van der Waals surface area contributed by atoms with E-state index in [1.807, 2.05) is 31.2 Å². The highest BCUT2D eigenvalue weighted by atomic mass is 32.2. The van der Waals surface area contributed by atoms with Crippen molar-refractivity contribution in [2.75, 3.05) is 24.7 Å². The molecule has 2 aromatic carbocycles. The molecular weight excluding hydrogens is 462 g/mol. The zero-order valence-electron chi connectivity index (χ0n) is 19.8. The molecule has 2 N–H and O–H groups in total. The van der Waals surface area contributed by atoms with Crippen molar-refractivity contribution in [3.63, 3.8) is 0 Å². The Hall–Kier alpha value is -3.75. The van der Waals surface area contributed by atoms with Crippen molar-refractivity contribution < 1.29 is 18.2 Å². The molecule has 3 aromatic rings. The first kappa shape index (κ1) is 24.4. The van der Waals surface area contributed by atoms with E-state index in [1.165, 1.54) is 29.8 Å². The van der Waals surface area contributed by atoms with Crippen LogP contribution in [0.25, 0.3) is 28.0 Å². The summed E-state index contributed by atoms with van der Waals surface area (Å²) in [7, 11) is 0.460. The van der Waals surface area contributed by atoms with E-state index in [4.69, 9.17) is 4.42 Å². The molecule has 7 nitrogen and oxygen atoms in total. The number of amides is 2. The van der Waals surface area contributed by atoms with Crippen LogP contribution in [0.4, 0.5) is 5.69 Å². The zero-order valence-corrected chi connectivity index (χ0v) is 20.6. The number of rotatable bonds is 9. The highest BCUT2D eigenvalue weighted by Crippen LogP contribution is 2.38. The second-order valence-corrected chi connectivity index (χ2v) is 9.36. The highest BCUT2D eigenvalue weighted by molar-refractivity contribution is 7.82. The van der Waals surface area contributed by atoms with Gasteiger partial charge < -0.3 is 9.73 Å². The number of nitrogens with zero attached hydrogens (tertiary/aromatic N) is 1. The minimum absolute atomic E-state index is 0.307. The van der Waals surface area contributed by atoms with Crippen molar-refractivity contribution in [3.8, 4) is 22.5 Å². The Kier molecular flexibility index (Phi) is 7.43. The summed E-state index contributed by atoms with van der Waals surface area (Å²) in [6.07, 6.45) is 9.61. The fraction of sp³-hybridized carbons (Fsp3) is 0.185. The van der Waals surface area contributed by atoms with Gasteiger partial charge in [0.1, 0.15) is 5.76 Å². The number of allylic oxidation sites excluding steroid dienone is 1. The SMILES string of the molecule is CNC(=O)/C=C\N(C=O)c1cc(-c2ccc3c(c2)CC=C3CNS(C)=O)c(C)c(-c2ccco2)c1. The lowest BCUT2D eigenvalue weighted by Gasteiger charge is -2.19. The first-order chi connectivity index (χ1) is 16.9. The van der Waals surface area contributed by atoms with Gasteiger partial charge in [-0.15, -0.1) is 0 Å². The van der Waals surface area contributed by atoms with E-state index in [0.29, 0.717) is 24.4 Å². The summed E-state index contributed by atoms with van der Waals surface area (Å²) >= 11 is 0. The van der Waals surface area contributed by atoms with Crippen molar-refractivity contribution in [2.24, 2.45) is 0 Å². The monoisotopic (exact) mass is 489 g/mol.